The molecule has 0 aliphatic carbocycles. The van der Waals surface area contributed by atoms with Crippen LogP contribution in [0.25, 0.3) is 0 Å². The second kappa shape index (κ2) is 8.62. The summed E-state index contributed by atoms with van der Waals surface area (Å²) in [6.07, 6.45) is 0.143. The SMILES string of the molecule is CCC[C@H](NC(=O)OCc1ccccc1)C(=O)On1c(O)ccc1O. The zero-order valence-corrected chi connectivity index (χ0v) is 13.7. The number of carbonyl (C=O) groups is 2. The quantitative estimate of drug-likeness (QED) is 0.705. The molecule has 0 aliphatic heterocycles. The van der Waals surface area contributed by atoms with Gasteiger partial charge >= 0.3 is 12.1 Å². The van der Waals surface area contributed by atoms with E-state index in [9.17, 15) is 19.8 Å². The first-order valence-corrected chi connectivity index (χ1v) is 7.80. The Morgan fingerprint density at radius 3 is 2.36 bits per heavy atom. The van der Waals surface area contributed by atoms with E-state index in [0.29, 0.717) is 17.6 Å². The molecule has 0 saturated carbocycles. The predicted octanol–water partition coefficient (Wildman–Crippen LogP) is 1.95. The second-order valence-electron chi connectivity index (χ2n) is 5.30. The zero-order valence-electron chi connectivity index (χ0n) is 13.7. The molecule has 0 saturated heterocycles. The van der Waals surface area contributed by atoms with Crippen LogP contribution < -0.4 is 10.2 Å². The van der Waals surface area contributed by atoms with Crippen molar-refractivity contribution in [2.24, 2.45) is 0 Å². The summed E-state index contributed by atoms with van der Waals surface area (Å²) in [4.78, 5) is 29.0. The topological polar surface area (TPSA) is 110 Å². The van der Waals surface area contributed by atoms with E-state index < -0.39 is 29.9 Å². The molecule has 0 fully saturated rings. The monoisotopic (exact) mass is 348 g/mol. The van der Waals surface area contributed by atoms with Gasteiger partial charge in [-0.1, -0.05) is 43.7 Å². The molecule has 0 spiro atoms. The highest BCUT2D eigenvalue weighted by Crippen LogP contribution is 2.19. The Morgan fingerprint density at radius 2 is 1.76 bits per heavy atom. The summed E-state index contributed by atoms with van der Waals surface area (Å²) in [5, 5.41) is 21.4. The van der Waals surface area contributed by atoms with E-state index in [1.165, 1.54) is 12.1 Å². The molecule has 0 radical (unpaired) electrons. The standard InChI is InChI=1S/C17H20N2O6/c1-2-6-13(16(22)25-19-14(20)9-10-15(19)21)18-17(23)24-11-12-7-4-3-5-8-12/h3-5,7-10,13,20-21H,2,6,11H2,1H3,(H,18,23)/t13-/m0/s1. The Hall–Kier alpha value is -3.16. The minimum atomic E-state index is -0.977. The van der Waals surface area contributed by atoms with Crippen LogP contribution in [0.3, 0.4) is 0 Å². The molecular formula is C17H20N2O6. The molecule has 0 unspecified atom stereocenters. The van der Waals surface area contributed by atoms with E-state index in [1.807, 2.05) is 37.3 Å². The van der Waals surface area contributed by atoms with E-state index >= 15 is 0 Å². The number of hydrogen-bond acceptors (Lipinski definition) is 6. The van der Waals surface area contributed by atoms with Crippen molar-refractivity contribution in [3.8, 4) is 11.8 Å². The Balaban J connectivity index is 1.92. The fourth-order valence-electron chi connectivity index (χ4n) is 2.09. The Bertz CT molecular complexity index is 694. The first-order chi connectivity index (χ1) is 12.0. The number of aromatic nitrogens is 1. The molecule has 8 heteroatoms. The maximum absolute atomic E-state index is 12.2. The smallest absolute Gasteiger partial charge is 0.408 e. The summed E-state index contributed by atoms with van der Waals surface area (Å²) < 4.78 is 5.65. The summed E-state index contributed by atoms with van der Waals surface area (Å²) in [5.74, 6) is -1.71. The number of carbonyl (C=O) groups excluding carboxylic acids is 2. The lowest BCUT2D eigenvalue weighted by Crippen LogP contribution is -2.44. The van der Waals surface area contributed by atoms with Gasteiger partial charge in [-0.3, -0.25) is 0 Å². The van der Waals surface area contributed by atoms with Crippen LogP contribution in [0.1, 0.15) is 25.3 Å². The average molecular weight is 348 g/mol. The molecule has 0 bridgehead atoms. The molecule has 3 N–H and O–H groups in total. The maximum atomic E-state index is 12.2. The molecule has 25 heavy (non-hydrogen) atoms. The number of ether oxygens (including phenoxy) is 1. The van der Waals surface area contributed by atoms with E-state index in [4.69, 9.17) is 9.57 Å². The normalized spacial score (nSPS) is 11.6. The van der Waals surface area contributed by atoms with E-state index in [1.54, 1.807) is 0 Å². The Kier molecular flexibility index (Phi) is 6.27. The lowest BCUT2D eigenvalue weighted by molar-refractivity contribution is -0.148. The molecule has 1 aromatic carbocycles. The van der Waals surface area contributed by atoms with Crippen LogP contribution in [0.4, 0.5) is 4.79 Å². The van der Waals surface area contributed by atoms with Gasteiger partial charge in [-0.25, -0.2) is 9.59 Å². The van der Waals surface area contributed by atoms with Crippen molar-refractivity contribution in [1.29, 1.82) is 0 Å². The number of benzene rings is 1. The summed E-state index contributed by atoms with van der Waals surface area (Å²) >= 11 is 0. The van der Waals surface area contributed by atoms with Crippen LogP contribution in [-0.2, 0) is 16.1 Å². The van der Waals surface area contributed by atoms with E-state index in [-0.39, 0.29) is 6.61 Å². The molecule has 1 aromatic heterocycles. The van der Waals surface area contributed by atoms with Crippen molar-refractivity contribution in [1.82, 2.24) is 10.0 Å². The Morgan fingerprint density at radius 1 is 1.12 bits per heavy atom. The van der Waals surface area contributed by atoms with E-state index in [0.717, 1.165) is 5.56 Å². The molecule has 0 aliphatic rings. The highest BCUT2D eigenvalue weighted by atomic mass is 16.7. The van der Waals surface area contributed by atoms with Crippen molar-refractivity contribution >= 4 is 12.1 Å². The lowest BCUT2D eigenvalue weighted by Gasteiger charge is -2.17. The predicted molar refractivity (Wildman–Crippen MR) is 87.8 cm³/mol. The first-order valence-electron chi connectivity index (χ1n) is 7.80. The van der Waals surface area contributed by atoms with Crippen molar-refractivity contribution in [3.63, 3.8) is 0 Å². The number of nitrogens with zero attached hydrogens (tertiary/aromatic N) is 1. The first kappa shape index (κ1) is 18.2. The summed E-state index contributed by atoms with van der Waals surface area (Å²) in [6, 6.07) is 10.5. The lowest BCUT2D eigenvalue weighted by atomic mass is 10.2. The number of amides is 1. The third kappa shape index (κ3) is 5.17. The fourth-order valence-corrected chi connectivity index (χ4v) is 2.09. The number of alkyl carbamates (subject to hydrolysis) is 1. The maximum Gasteiger partial charge on any atom is 0.408 e. The van der Waals surface area contributed by atoms with Crippen LogP contribution in [0.15, 0.2) is 42.5 Å². The van der Waals surface area contributed by atoms with Gasteiger partial charge in [0.05, 0.1) is 0 Å². The largest absolute Gasteiger partial charge is 0.492 e. The van der Waals surface area contributed by atoms with Gasteiger partial charge in [-0.15, -0.1) is 4.73 Å². The summed E-state index contributed by atoms with van der Waals surface area (Å²) in [7, 11) is 0. The number of hydrogen-bond donors (Lipinski definition) is 3. The van der Waals surface area contributed by atoms with Crippen molar-refractivity contribution in [2.45, 2.75) is 32.4 Å². The van der Waals surface area contributed by atoms with Gasteiger partial charge in [0, 0.05) is 12.1 Å². The van der Waals surface area contributed by atoms with Crippen molar-refractivity contribution < 1.29 is 29.4 Å². The van der Waals surface area contributed by atoms with Gasteiger partial charge in [0.2, 0.25) is 11.8 Å². The van der Waals surface area contributed by atoms with Crippen molar-refractivity contribution in [3.05, 3.63) is 48.0 Å². The summed E-state index contributed by atoms with van der Waals surface area (Å²) in [5.41, 5.74) is 0.814. The molecule has 1 atom stereocenters. The second-order valence-corrected chi connectivity index (χ2v) is 5.30. The zero-order chi connectivity index (χ0) is 18.2. The molecular weight excluding hydrogens is 328 g/mol. The molecule has 2 aromatic rings. The number of aromatic hydroxyl groups is 2. The van der Waals surface area contributed by atoms with Crippen LogP contribution >= 0.6 is 0 Å². The Labute approximate surface area is 144 Å². The molecule has 134 valence electrons. The number of rotatable bonds is 7. The average Bonchev–Trinajstić information content (AvgIpc) is 2.92. The minimum absolute atomic E-state index is 0.0692. The van der Waals surface area contributed by atoms with Crippen LogP contribution in [-0.4, -0.2) is 33.0 Å². The third-order valence-corrected chi connectivity index (χ3v) is 3.35. The van der Waals surface area contributed by atoms with Gasteiger partial charge in [0.1, 0.15) is 12.6 Å². The highest BCUT2D eigenvalue weighted by Gasteiger charge is 2.24. The third-order valence-electron chi connectivity index (χ3n) is 3.35. The number of nitrogens with one attached hydrogen (secondary N) is 1. The van der Waals surface area contributed by atoms with Gasteiger partial charge in [0.25, 0.3) is 0 Å². The van der Waals surface area contributed by atoms with Crippen molar-refractivity contribution in [2.75, 3.05) is 0 Å². The molecule has 8 nitrogen and oxygen atoms in total. The fraction of sp³-hybridized carbons (Fsp3) is 0.294. The molecule has 1 heterocycles. The molecule has 2 rings (SSSR count). The summed E-state index contributed by atoms with van der Waals surface area (Å²) in [6.45, 7) is 1.90. The van der Waals surface area contributed by atoms with Gasteiger partial charge in [-0.05, 0) is 12.0 Å². The van der Waals surface area contributed by atoms with Crippen LogP contribution in [0, 0.1) is 0 Å². The molecule has 1 amide bonds. The van der Waals surface area contributed by atoms with Gasteiger partial charge < -0.3 is 25.1 Å². The minimum Gasteiger partial charge on any atom is -0.492 e. The van der Waals surface area contributed by atoms with Crippen LogP contribution in [0.5, 0.6) is 11.8 Å². The van der Waals surface area contributed by atoms with Gasteiger partial charge in [-0.2, -0.15) is 0 Å². The van der Waals surface area contributed by atoms with E-state index in [2.05, 4.69) is 5.32 Å². The highest BCUT2D eigenvalue weighted by molar-refractivity contribution is 5.81. The van der Waals surface area contributed by atoms with Crippen LogP contribution in [0.2, 0.25) is 0 Å². The van der Waals surface area contributed by atoms with Gasteiger partial charge in [0.15, 0.2) is 0 Å².